The molecule has 1 aromatic rings. The van der Waals surface area contributed by atoms with Gasteiger partial charge in [0.15, 0.2) is 0 Å². The van der Waals surface area contributed by atoms with E-state index in [2.05, 4.69) is 0 Å². The summed E-state index contributed by atoms with van der Waals surface area (Å²) in [4.78, 5) is 10.9. The number of carbonyl (C=O) groups is 1. The lowest BCUT2D eigenvalue weighted by molar-refractivity contribution is -0.137. The topological polar surface area (TPSA) is 26.3 Å². The fourth-order valence-corrected chi connectivity index (χ4v) is 2.27. The third-order valence-electron chi connectivity index (χ3n) is 1.70. The minimum absolute atomic E-state index is 0.266. The lowest BCUT2D eigenvalue weighted by atomic mass is 10.2. The van der Waals surface area contributed by atoms with Crippen molar-refractivity contribution in [1.29, 1.82) is 0 Å². The van der Waals surface area contributed by atoms with Crippen molar-refractivity contribution in [3.63, 3.8) is 0 Å². The van der Waals surface area contributed by atoms with Gasteiger partial charge in [-0.2, -0.15) is 13.2 Å². The van der Waals surface area contributed by atoms with Crippen molar-refractivity contribution < 1.29 is 26.5 Å². The van der Waals surface area contributed by atoms with Crippen molar-refractivity contribution in [3.05, 3.63) is 29.6 Å². The van der Waals surface area contributed by atoms with Gasteiger partial charge >= 0.3 is 6.18 Å². The summed E-state index contributed by atoms with van der Waals surface area (Å²) in [5, 5.41) is 0. The number of carbonyl (C=O) groups excluding carboxylic acids is 1. The third kappa shape index (κ3) is 4.51. The Morgan fingerprint density at radius 3 is 2.61 bits per heavy atom. The van der Waals surface area contributed by atoms with Crippen molar-refractivity contribution in [2.75, 3.05) is 6.61 Å². The largest absolute Gasteiger partial charge is 0.416 e. The van der Waals surface area contributed by atoms with E-state index in [9.17, 15) is 22.4 Å². The minimum Gasteiger partial charge on any atom is -0.308 e. The van der Waals surface area contributed by atoms with Crippen LogP contribution in [0.3, 0.4) is 0 Å². The highest BCUT2D eigenvalue weighted by molar-refractivity contribution is 8.36. The van der Waals surface area contributed by atoms with Gasteiger partial charge in [0.1, 0.15) is 5.82 Å². The Bertz CT molecular complexity index is 434. The van der Waals surface area contributed by atoms with Crippen molar-refractivity contribution in [2.24, 2.45) is 0 Å². The fraction of sp³-hybridized carbons (Fsp3) is 0.300. The highest BCUT2D eigenvalue weighted by Crippen LogP contribution is 2.35. The summed E-state index contributed by atoms with van der Waals surface area (Å²) in [7, 11) is 0. The molecule has 1 aromatic carbocycles. The predicted octanol–water partition coefficient (Wildman–Crippen LogP) is 4.74. The van der Waals surface area contributed by atoms with E-state index in [1.807, 2.05) is 0 Å². The first-order chi connectivity index (χ1) is 8.34. The van der Waals surface area contributed by atoms with E-state index in [1.54, 1.807) is 6.92 Å². The quantitative estimate of drug-likeness (QED) is 0.457. The van der Waals surface area contributed by atoms with Gasteiger partial charge in [0.25, 0.3) is 4.45 Å². The Hall–Kier alpha value is -0.730. The molecular weight excluding hydrogens is 292 g/mol. The highest BCUT2D eigenvalue weighted by Gasteiger charge is 2.31. The molecule has 0 saturated carbocycles. The molecule has 0 atom stereocenters. The van der Waals surface area contributed by atoms with Crippen LogP contribution in [0.1, 0.15) is 12.5 Å². The number of rotatable bonds is 3. The molecule has 8 heteroatoms. The van der Waals surface area contributed by atoms with E-state index in [0.717, 1.165) is 0 Å². The summed E-state index contributed by atoms with van der Waals surface area (Å²) in [6.07, 6.45) is -4.57. The summed E-state index contributed by atoms with van der Waals surface area (Å²) in [6, 6.07) is 1.91. The summed E-state index contributed by atoms with van der Waals surface area (Å²) >= 11 is 0.834. The highest BCUT2D eigenvalue weighted by atomic mass is 32.2. The molecule has 100 valence electrons. The van der Waals surface area contributed by atoms with Gasteiger partial charge < -0.3 is 4.18 Å². The van der Waals surface area contributed by atoms with Crippen LogP contribution in [0.5, 0.6) is 0 Å². The molecule has 0 aromatic heterocycles. The van der Waals surface area contributed by atoms with Crippen LogP contribution < -0.4 is 0 Å². The molecule has 0 aliphatic carbocycles. The monoisotopic (exact) mass is 300 g/mol. The second-order valence-electron chi connectivity index (χ2n) is 2.98. The molecule has 0 bridgehead atoms. The Balaban J connectivity index is 2.85. The molecule has 18 heavy (non-hydrogen) atoms. The van der Waals surface area contributed by atoms with Crippen LogP contribution in [-0.4, -0.2) is 11.1 Å². The number of hydrogen-bond donors (Lipinski definition) is 0. The smallest absolute Gasteiger partial charge is 0.308 e. The van der Waals surface area contributed by atoms with Gasteiger partial charge in [-0.3, -0.25) is 4.79 Å². The first kappa shape index (κ1) is 15.3. The van der Waals surface area contributed by atoms with E-state index in [0.29, 0.717) is 42.0 Å². The zero-order valence-electron chi connectivity index (χ0n) is 9.08. The average molecular weight is 300 g/mol. The predicted molar refractivity (Wildman–Crippen MR) is 61.9 cm³/mol. The van der Waals surface area contributed by atoms with E-state index in [-0.39, 0.29) is 11.5 Å². The maximum absolute atomic E-state index is 13.2. The number of alkyl halides is 3. The molecule has 0 saturated heterocycles. The molecular formula is C10H8F4O2S2. The first-order valence-electron chi connectivity index (χ1n) is 4.72. The molecule has 0 unspecified atom stereocenters. The lowest BCUT2D eigenvalue weighted by Gasteiger charge is -2.08. The van der Waals surface area contributed by atoms with Crippen LogP contribution in [-0.2, 0) is 10.4 Å². The minimum atomic E-state index is -4.57. The van der Waals surface area contributed by atoms with Crippen LogP contribution in [0.25, 0.3) is 0 Å². The third-order valence-corrected chi connectivity index (χ3v) is 3.34. The number of thioether (sulfide) groups is 1. The number of benzene rings is 1. The van der Waals surface area contributed by atoms with Crippen molar-refractivity contribution in [1.82, 2.24) is 0 Å². The zero-order valence-corrected chi connectivity index (χ0v) is 10.7. The summed E-state index contributed by atoms with van der Waals surface area (Å²) < 4.78 is 54.5. The van der Waals surface area contributed by atoms with Crippen LogP contribution in [0, 0.1) is 5.82 Å². The number of hydrogen-bond acceptors (Lipinski definition) is 4. The molecule has 0 heterocycles. The Morgan fingerprint density at radius 2 is 2.06 bits per heavy atom. The van der Waals surface area contributed by atoms with E-state index >= 15 is 0 Å². The zero-order chi connectivity index (χ0) is 13.8. The molecule has 0 aliphatic heterocycles. The molecule has 0 radical (unpaired) electrons. The maximum atomic E-state index is 13.2. The van der Waals surface area contributed by atoms with Gasteiger partial charge in [0.2, 0.25) is 0 Å². The molecule has 0 amide bonds. The standard InChI is InChI=1S/C10H8F4O2S2/c1-2-16-18-9(15)17-8-5-6(10(12,13)14)3-4-7(8)11/h3-5H,2H2,1H3. The lowest BCUT2D eigenvalue weighted by Crippen LogP contribution is -2.05. The molecule has 0 fully saturated rings. The van der Waals surface area contributed by atoms with Crippen molar-refractivity contribution >= 4 is 28.3 Å². The van der Waals surface area contributed by atoms with Crippen molar-refractivity contribution in [2.45, 2.75) is 18.0 Å². The van der Waals surface area contributed by atoms with Crippen LogP contribution in [0.15, 0.2) is 23.1 Å². The van der Waals surface area contributed by atoms with Gasteiger partial charge in [0, 0.05) is 0 Å². The second-order valence-corrected chi connectivity index (χ2v) is 5.03. The van der Waals surface area contributed by atoms with Gasteiger partial charge in [-0.25, -0.2) is 4.39 Å². The van der Waals surface area contributed by atoms with Crippen LogP contribution in [0.4, 0.5) is 22.4 Å². The van der Waals surface area contributed by atoms with Crippen LogP contribution in [0.2, 0.25) is 0 Å². The average Bonchev–Trinajstić information content (AvgIpc) is 2.28. The molecule has 1 rings (SSSR count). The van der Waals surface area contributed by atoms with Crippen molar-refractivity contribution in [3.8, 4) is 0 Å². The normalized spacial score (nSPS) is 11.6. The Kier molecular flexibility index (Phi) is 5.48. The summed E-state index contributed by atoms with van der Waals surface area (Å²) in [6.45, 7) is 1.91. The fourth-order valence-electron chi connectivity index (χ4n) is 0.972. The molecule has 0 N–H and O–H groups in total. The Morgan fingerprint density at radius 1 is 1.39 bits per heavy atom. The number of halogens is 4. The van der Waals surface area contributed by atoms with Gasteiger partial charge in [-0.05, 0) is 36.9 Å². The van der Waals surface area contributed by atoms with E-state index in [4.69, 9.17) is 4.18 Å². The van der Waals surface area contributed by atoms with E-state index in [1.165, 1.54) is 0 Å². The first-order valence-corrected chi connectivity index (χ1v) is 6.28. The maximum Gasteiger partial charge on any atom is 0.416 e. The van der Waals surface area contributed by atoms with Gasteiger partial charge in [-0.15, -0.1) is 0 Å². The second kappa shape index (κ2) is 6.44. The van der Waals surface area contributed by atoms with E-state index < -0.39 is 22.0 Å². The SMILES string of the molecule is CCOSC(=O)Sc1cc(C(F)(F)F)ccc1F. The van der Waals surface area contributed by atoms with Gasteiger partial charge in [-0.1, -0.05) is 0 Å². The molecule has 0 aliphatic rings. The molecule has 2 nitrogen and oxygen atoms in total. The molecule has 0 spiro atoms. The van der Waals surface area contributed by atoms with Gasteiger partial charge in [0.05, 0.1) is 29.1 Å². The Labute approximate surface area is 109 Å². The summed E-state index contributed by atoms with van der Waals surface area (Å²) in [5.41, 5.74) is -0.999. The van der Waals surface area contributed by atoms with Crippen LogP contribution >= 0.6 is 23.8 Å². The summed E-state index contributed by atoms with van der Waals surface area (Å²) in [5.74, 6) is -0.876.